The molecule has 1 unspecified atom stereocenters. The van der Waals surface area contributed by atoms with E-state index in [-0.39, 0.29) is 6.04 Å². The quantitative estimate of drug-likeness (QED) is 0.714. The molecule has 0 bridgehead atoms. The zero-order valence-corrected chi connectivity index (χ0v) is 10.3. The van der Waals surface area contributed by atoms with Gasteiger partial charge in [-0.2, -0.15) is 0 Å². The molecule has 0 saturated carbocycles. The molecule has 0 amide bonds. The topological polar surface area (TPSA) is 29.9 Å². The van der Waals surface area contributed by atoms with Gasteiger partial charge in [-0.25, -0.2) is 0 Å². The molecule has 4 rings (SSSR count). The Hall–Kier alpha value is -2.55. The molecule has 0 aliphatic carbocycles. The molecular weight excluding hydrogens is 234 g/mol. The average Bonchev–Trinajstić information content (AvgIpc) is 2.97. The van der Waals surface area contributed by atoms with Crippen molar-refractivity contribution in [2.45, 2.75) is 6.04 Å². The Morgan fingerprint density at radius 3 is 2.84 bits per heavy atom. The molecule has 19 heavy (non-hydrogen) atoms. The lowest BCUT2D eigenvalue weighted by atomic mass is 10.0. The number of hydrogen-bond donors (Lipinski definition) is 1. The molecule has 0 fully saturated rings. The van der Waals surface area contributed by atoms with E-state index >= 15 is 0 Å². The van der Waals surface area contributed by atoms with Crippen LogP contribution in [0.5, 0.6) is 0 Å². The molecule has 3 nitrogen and oxygen atoms in total. The summed E-state index contributed by atoms with van der Waals surface area (Å²) < 4.78 is 2.24. The summed E-state index contributed by atoms with van der Waals surface area (Å²) in [7, 11) is 0. The van der Waals surface area contributed by atoms with Gasteiger partial charge in [-0.1, -0.05) is 18.2 Å². The van der Waals surface area contributed by atoms with E-state index in [1.807, 2.05) is 12.3 Å². The first-order valence-electron chi connectivity index (χ1n) is 6.36. The van der Waals surface area contributed by atoms with Crippen molar-refractivity contribution in [3.63, 3.8) is 0 Å². The standard InChI is InChI=1S/C16H13N3/c1-2-7-14-13(6-1)18-16(12-5-3-9-17-11-12)15-8-4-10-19(14)15/h1-11,16,18H. The molecule has 1 aliphatic rings. The van der Waals surface area contributed by atoms with Gasteiger partial charge in [0, 0.05) is 24.3 Å². The third-order valence-electron chi connectivity index (χ3n) is 3.56. The summed E-state index contributed by atoms with van der Waals surface area (Å²) in [5.74, 6) is 0. The van der Waals surface area contributed by atoms with Gasteiger partial charge in [0.15, 0.2) is 0 Å². The van der Waals surface area contributed by atoms with Crippen molar-refractivity contribution >= 4 is 5.69 Å². The molecule has 3 heterocycles. The second kappa shape index (κ2) is 3.99. The largest absolute Gasteiger partial charge is 0.371 e. The van der Waals surface area contributed by atoms with Crippen LogP contribution in [0.4, 0.5) is 5.69 Å². The van der Waals surface area contributed by atoms with Crippen molar-refractivity contribution < 1.29 is 0 Å². The van der Waals surface area contributed by atoms with Crippen LogP contribution in [0.25, 0.3) is 5.69 Å². The summed E-state index contributed by atoms with van der Waals surface area (Å²) in [5.41, 5.74) is 4.77. The summed E-state index contributed by atoms with van der Waals surface area (Å²) in [6.45, 7) is 0. The minimum Gasteiger partial charge on any atom is -0.371 e. The predicted molar refractivity (Wildman–Crippen MR) is 75.5 cm³/mol. The molecule has 1 N–H and O–H groups in total. The number of anilines is 1. The van der Waals surface area contributed by atoms with Crippen LogP contribution >= 0.6 is 0 Å². The van der Waals surface area contributed by atoms with Gasteiger partial charge in [0.1, 0.15) is 0 Å². The fourth-order valence-electron chi connectivity index (χ4n) is 2.68. The number of aromatic nitrogens is 2. The average molecular weight is 247 g/mol. The van der Waals surface area contributed by atoms with Gasteiger partial charge < -0.3 is 9.88 Å². The highest BCUT2D eigenvalue weighted by Gasteiger charge is 2.24. The van der Waals surface area contributed by atoms with E-state index in [1.54, 1.807) is 6.20 Å². The second-order valence-electron chi connectivity index (χ2n) is 4.68. The summed E-state index contributed by atoms with van der Waals surface area (Å²) in [4.78, 5) is 4.22. The van der Waals surface area contributed by atoms with Crippen LogP contribution in [0.1, 0.15) is 17.3 Å². The van der Waals surface area contributed by atoms with E-state index in [9.17, 15) is 0 Å². The first kappa shape index (κ1) is 10.4. The fraction of sp³-hybridized carbons (Fsp3) is 0.0625. The number of para-hydroxylation sites is 2. The molecule has 92 valence electrons. The molecule has 0 saturated heterocycles. The number of rotatable bonds is 1. The highest BCUT2D eigenvalue weighted by molar-refractivity contribution is 5.66. The number of hydrogen-bond acceptors (Lipinski definition) is 2. The van der Waals surface area contributed by atoms with E-state index in [0.717, 1.165) is 5.69 Å². The molecule has 3 heteroatoms. The fourth-order valence-corrected chi connectivity index (χ4v) is 2.68. The van der Waals surface area contributed by atoms with Crippen molar-refractivity contribution in [3.05, 3.63) is 78.4 Å². The van der Waals surface area contributed by atoms with Gasteiger partial charge in [0.05, 0.1) is 17.4 Å². The van der Waals surface area contributed by atoms with Crippen molar-refractivity contribution in [2.75, 3.05) is 5.32 Å². The van der Waals surface area contributed by atoms with Crippen LogP contribution in [0, 0.1) is 0 Å². The Balaban J connectivity index is 1.91. The monoisotopic (exact) mass is 247 g/mol. The third kappa shape index (κ3) is 1.55. The van der Waals surface area contributed by atoms with Crippen LogP contribution < -0.4 is 5.32 Å². The lowest BCUT2D eigenvalue weighted by Crippen LogP contribution is -2.21. The smallest absolute Gasteiger partial charge is 0.0938 e. The number of nitrogens with one attached hydrogen (secondary N) is 1. The normalized spacial score (nSPS) is 16.3. The summed E-state index contributed by atoms with van der Waals surface area (Å²) in [6.07, 6.45) is 5.83. The summed E-state index contributed by atoms with van der Waals surface area (Å²) in [6, 6.07) is 16.8. The van der Waals surface area contributed by atoms with Crippen molar-refractivity contribution in [2.24, 2.45) is 0 Å². The summed E-state index contributed by atoms with van der Waals surface area (Å²) >= 11 is 0. The zero-order valence-electron chi connectivity index (χ0n) is 10.3. The van der Waals surface area contributed by atoms with Gasteiger partial charge in [-0.3, -0.25) is 4.98 Å². The Morgan fingerprint density at radius 1 is 1.00 bits per heavy atom. The molecule has 3 aromatic rings. The SMILES string of the molecule is c1cncc(C2Nc3ccccc3-n3cccc32)c1. The van der Waals surface area contributed by atoms with Crippen LogP contribution in [-0.2, 0) is 0 Å². The van der Waals surface area contributed by atoms with Crippen LogP contribution in [0.3, 0.4) is 0 Å². The first-order valence-corrected chi connectivity index (χ1v) is 6.36. The molecule has 1 aliphatic heterocycles. The van der Waals surface area contributed by atoms with Crippen LogP contribution in [0.2, 0.25) is 0 Å². The molecule has 1 aromatic carbocycles. The van der Waals surface area contributed by atoms with E-state index in [4.69, 9.17) is 0 Å². The van der Waals surface area contributed by atoms with Gasteiger partial charge in [0.2, 0.25) is 0 Å². The van der Waals surface area contributed by atoms with Crippen molar-refractivity contribution in [3.8, 4) is 5.69 Å². The van der Waals surface area contributed by atoms with Crippen LogP contribution in [0.15, 0.2) is 67.1 Å². The predicted octanol–water partition coefficient (Wildman–Crippen LogP) is 3.39. The van der Waals surface area contributed by atoms with E-state index in [2.05, 4.69) is 63.5 Å². The molecule has 1 atom stereocenters. The van der Waals surface area contributed by atoms with Crippen molar-refractivity contribution in [1.82, 2.24) is 9.55 Å². The highest BCUT2D eigenvalue weighted by Crippen LogP contribution is 2.36. The molecule has 0 radical (unpaired) electrons. The Labute approximate surface area is 111 Å². The Morgan fingerprint density at radius 2 is 1.95 bits per heavy atom. The van der Waals surface area contributed by atoms with Gasteiger partial charge >= 0.3 is 0 Å². The second-order valence-corrected chi connectivity index (χ2v) is 4.68. The number of pyridine rings is 1. The minimum atomic E-state index is 0.151. The minimum absolute atomic E-state index is 0.151. The van der Waals surface area contributed by atoms with E-state index < -0.39 is 0 Å². The lowest BCUT2D eigenvalue weighted by Gasteiger charge is -2.29. The number of fused-ring (bicyclic) bond motifs is 3. The first-order chi connectivity index (χ1) is 9.43. The molecule has 2 aromatic heterocycles. The van der Waals surface area contributed by atoms with Gasteiger partial charge in [0.25, 0.3) is 0 Å². The highest BCUT2D eigenvalue weighted by atomic mass is 15.1. The molecular formula is C16H13N3. The van der Waals surface area contributed by atoms with Crippen molar-refractivity contribution in [1.29, 1.82) is 0 Å². The summed E-state index contributed by atoms with van der Waals surface area (Å²) in [5, 5.41) is 3.59. The maximum Gasteiger partial charge on any atom is 0.0938 e. The van der Waals surface area contributed by atoms with Gasteiger partial charge in [-0.15, -0.1) is 0 Å². The van der Waals surface area contributed by atoms with E-state index in [1.165, 1.54) is 16.9 Å². The van der Waals surface area contributed by atoms with Crippen LogP contribution in [-0.4, -0.2) is 9.55 Å². The zero-order chi connectivity index (χ0) is 12.7. The maximum absolute atomic E-state index is 4.22. The number of nitrogens with zero attached hydrogens (tertiary/aromatic N) is 2. The van der Waals surface area contributed by atoms with Gasteiger partial charge in [-0.05, 0) is 35.9 Å². The third-order valence-corrected chi connectivity index (χ3v) is 3.56. The molecule has 0 spiro atoms. The lowest BCUT2D eigenvalue weighted by molar-refractivity contribution is 0.805. The Bertz CT molecular complexity index is 716. The van der Waals surface area contributed by atoms with E-state index in [0.29, 0.717) is 0 Å². The number of benzene rings is 1. The maximum atomic E-state index is 4.22. The Kier molecular flexibility index (Phi) is 2.18.